The largest absolute Gasteiger partial charge is 0.486 e. The molecule has 1 aliphatic heterocycles. The molecular weight excluding hydrogens is 466 g/mol. The molecule has 0 unspecified atom stereocenters. The second-order valence-electron chi connectivity index (χ2n) is 7.03. The van der Waals surface area contributed by atoms with Gasteiger partial charge in [-0.1, -0.05) is 28.1 Å². The van der Waals surface area contributed by atoms with Gasteiger partial charge in [0.05, 0.1) is 4.92 Å². The zero-order valence-corrected chi connectivity index (χ0v) is 18.2. The maximum atomic E-state index is 12.8. The fourth-order valence-electron chi connectivity index (χ4n) is 3.45. The lowest BCUT2D eigenvalue weighted by Gasteiger charge is -2.35. The number of para-hydroxylation sites is 2. The second-order valence-corrected chi connectivity index (χ2v) is 7.95. The average Bonchev–Trinajstić information content (AvgIpc) is 3.27. The van der Waals surface area contributed by atoms with Gasteiger partial charge in [0.25, 0.3) is 11.6 Å². The standard InChI is InChI=1S/C22H20BrN3O5/c23-16-5-7-17(8-6-16)30-15-18-9-10-21(31-18)22(27)25-13-11-24(12-14-25)19-3-1-2-4-20(19)26(28)29/h1-10H,11-15H2. The van der Waals surface area contributed by atoms with E-state index in [9.17, 15) is 14.9 Å². The Hall–Kier alpha value is -3.33. The number of piperazine rings is 1. The van der Waals surface area contributed by atoms with Crippen LogP contribution in [0.25, 0.3) is 0 Å². The Labute approximate surface area is 187 Å². The predicted octanol–water partition coefficient (Wildman–Crippen LogP) is 4.49. The van der Waals surface area contributed by atoms with Crippen LogP contribution in [0.15, 0.2) is 69.6 Å². The summed E-state index contributed by atoms with van der Waals surface area (Å²) in [6.07, 6.45) is 0. The van der Waals surface area contributed by atoms with Crippen LogP contribution in [0.4, 0.5) is 11.4 Å². The van der Waals surface area contributed by atoms with Gasteiger partial charge < -0.3 is 19.0 Å². The van der Waals surface area contributed by atoms with Crippen LogP contribution < -0.4 is 9.64 Å². The van der Waals surface area contributed by atoms with E-state index in [1.807, 2.05) is 29.2 Å². The molecule has 0 aliphatic carbocycles. The number of hydrogen-bond acceptors (Lipinski definition) is 6. The molecule has 4 rings (SSSR count). The highest BCUT2D eigenvalue weighted by molar-refractivity contribution is 9.10. The van der Waals surface area contributed by atoms with Crippen LogP contribution in [-0.2, 0) is 6.61 Å². The summed E-state index contributed by atoms with van der Waals surface area (Å²) >= 11 is 3.38. The van der Waals surface area contributed by atoms with Gasteiger partial charge in [-0.3, -0.25) is 14.9 Å². The minimum atomic E-state index is -0.381. The number of furan rings is 1. The molecule has 2 aromatic carbocycles. The Kier molecular flexibility index (Phi) is 6.22. The summed E-state index contributed by atoms with van der Waals surface area (Å²) in [6.45, 7) is 2.15. The van der Waals surface area contributed by atoms with Gasteiger partial charge in [-0.25, -0.2) is 0 Å². The highest BCUT2D eigenvalue weighted by atomic mass is 79.9. The predicted molar refractivity (Wildman–Crippen MR) is 118 cm³/mol. The Bertz CT molecular complexity index is 1070. The summed E-state index contributed by atoms with van der Waals surface area (Å²) in [5.41, 5.74) is 0.647. The van der Waals surface area contributed by atoms with E-state index in [2.05, 4.69) is 15.9 Å². The maximum Gasteiger partial charge on any atom is 0.292 e. The number of nitro benzene ring substituents is 1. The second kappa shape index (κ2) is 9.22. The van der Waals surface area contributed by atoms with E-state index in [1.54, 1.807) is 35.2 Å². The van der Waals surface area contributed by atoms with Gasteiger partial charge in [-0.15, -0.1) is 0 Å². The Balaban J connectivity index is 1.34. The van der Waals surface area contributed by atoms with E-state index in [-0.39, 0.29) is 28.9 Å². The lowest BCUT2D eigenvalue weighted by atomic mass is 10.2. The number of benzene rings is 2. The van der Waals surface area contributed by atoms with Crippen molar-refractivity contribution in [3.63, 3.8) is 0 Å². The van der Waals surface area contributed by atoms with Crippen molar-refractivity contribution in [1.82, 2.24) is 4.90 Å². The molecule has 1 fully saturated rings. The van der Waals surface area contributed by atoms with Gasteiger partial charge >= 0.3 is 0 Å². The van der Waals surface area contributed by atoms with E-state index in [0.29, 0.717) is 43.4 Å². The number of nitrogens with zero attached hydrogens (tertiary/aromatic N) is 3. The van der Waals surface area contributed by atoms with Crippen molar-refractivity contribution in [2.24, 2.45) is 0 Å². The van der Waals surface area contributed by atoms with Gasteiger partial charge in [0.15, 0.2) is 5.76 Å². The van der Waals surface area contributed by atoms with E-state index in [1.165, 1.54) is 6.07 Å². The number of carbonyl (C=O) groups excluding carboxylic acids is 1. The SMILES string of the molecule is O=C(c1ccc(COc2ccc(Br)cc2)o1)N1CCN(c2ccccc2[N+](=O)[O-])CC1. The van der Waals surface area contributed by atoms with Crippen LogP contribution in [-0.4, -0.2) is 41.9 Å². The van der Waals surface area contributed by atoms with Gasteiger partial charge in [0.1, 0.15) is 23.8 Å². The summed E-state index contributed by atoms with van der Waals surface area (Å²) in [5, 5.41) is 11.3. The maximum absolute atomic E-state index is 12.8. The number of ether oxygens (including phenoxy) is 1. The number of amides is 1. The first-order chi connectivity index (χ1) is 15.0. The third kappa shape index (κ3) is 4.88. The monoisotopic (exact) mass is 485 g/mol. The molecule has 0 saturated carbocycles. The van der Waals surface area contributed by atoms with Crippen molar-refractivity contribution in [1.29, 1.82) is 0 Å². The number of nitro groups is 1. The Morgan fingerprint density at radius 2 is 1.74 bits per heavy atom. The molecule has 3 aromatic rings. The smallest absolute Gasteiger partial charge is 0.292 e. The number of carbonyl (C=O) groups is 1. The van der Waals surface area contributed by atoms with Crippen LogP contribution in [0.2, 0.25) is 0 Å². The molecule has 2 heterocycles. The zero-order chi connectivity index (χ0) is 21.8. The summed E-state index contributed by atoms with van der Waals surface area (Å²) in [5.74, 6) is 1.33. The molecule has 31 heavy (non-hydrogen) atoms. The first-order valence-corrected chi connectivity index (χ1v) is 10.6. The van der Waals surface area contributed by atoms with E-state index in [4.69, 9.17) is 9.15 Å². The summed E-state index contributed by atoms with van der Waals surface area (Å²) in [4.78, 5) is 27.3. The molecule has 0 radical (unpaired) electrons. The highest BCUT2D eigenvalue weighted by Gasteiger charge is 2.27. The third-order valence-electron chi connectivity index (χ3n) is 5.05. The van der Waals surface area contributed by atoms with E-state index in [0.717, 1.165) is 4.47 Å². The number of halogens is 1. The van der Waals surface area contributed by atoms with Crippen LogP contribution in [0.3, 0.4) is 0 Å². The summed E-state index contributed by atoms with van der Waals surface area (Å²) in [7, 11) is 0. The molecular formula is C22H20BrN3O5. The van der Waals surface area contributed by atoms with Crippen molar-refractivity contribution >= 4 is 33.2 Å². The third-order valence-corrected chi connectivity index (χ3v) is 5.58. The average molecular weight is 486 g/mol. The minimum Gasteiger partial charge on any atom is -0.486 e. The molecule has 1 saturated heterocycles. The minimum absolute atomic E-state index is 0.0729. The lowest BCUT2D eigenvalue weighted by molar-refractivity contribution is -0.384. The van der Waals surface area contributed by atoms with E-state index < -0.39 is 0 Å². The molecule has 1 amide bonds. The Morgan fingerprint density at radius 1 is 1.03 bits per heavy atom. The molecule has 160 valence electrons. The summed E-state index contributed by atoms with van der Waals surface area (Å²) < 4.78 is 12.3. The molecule has 0 N–H and O–H groups in total. The normalized spacial score (nSPS) is 13.8. The van der Waals surface area contributed by atoms with Crippen LogP contribution >= 0.6 is 15.9 Å². The molecule has 0 atom stereocenters. The fraction of sp³-hybridized carbons (Fsp3) is 0.227. The van der Waals surface area contributed by atoms with Crippen LogP contribution in [0.1, 0.15) is 16.3 Å². The van der Waals surface area contributed by atoms with Crippen molar-refractivity contribution in [2.75, 3.05) is 31.1 Å². The molecule has 9 heteroatoms. The first-order valence-electron chi connectivity index (χ1n) is 9.76. The molecule has 8 nitrogen and oxygen atoms in total. The molecule has 1 aliphatic rings. The van der Waals surface area contributed by atoms with Gasteiger partial charge in [-0.2, -0.15) is 0 Å². The van der Waals surface area contributed by atoms with Crippen molar-refractivity contribution < 1.29 is 18.9 Å². The van der Waals surface area contributed by atoms with Crippen molar-refractivity contribution in [3.05, 3.63) is 86.8 Å². The highest BCUT2D eigenvalue weighted by Crippen LogP contribution is 2.28. The van der Waals surface area contributed by atoms with Crippen LogP contribution in [0.5, 0.6) is 5.75 Å². The van der Waals surface area contributed by atoms with Crippen LogP contribution in [0, 0.1) is 10.1 Å². The number of anilines is 1. The zero-order valence-electron chi connectivity index (χ0n) is 16.6. The summed E-state index contributed by atoms with van der Waals surface area (Å²) in [6, 6.07) is 17.5. The van der Waals surface area contributed by atoms with Gasteiger partial charge in [0, 0.05) is 36.7 Å². The topological polar surface area (TPSA) is 89.1 Å². The van der Waals surface area contributed by atoms with E-state index >= 15 is 0 Å². The lowest BCUT2D eigenvalue weighted by Crippen LogP contribution is -2.48. The van der Waals surface area contributed by atoms with Gasteiger partial charge in [0.2, 0.25) is 0 Å². The molecule has 0 spiro atoms. The first kappa shape index (κ1) is 20.9. The number of hydrogen-bond donors (Lipinski definition) is 0. The fourth-order valence-corrected chi connectivity index (χ4v) is 3.71. The van der Waals surface area contributed by atoms with Crippen molar-refractivity contribution in [2.45, 2.75) is 6.61 Å². The quantitative estimate of drug-likeness (QED) is 0.377. The van der Waals surface area contributed by atoms with Gasteiger partial charge in [-0.05, 0) is 42.5 Å². The number of rotatable bonds is 6. The Morgan fingerprint density at radius 3 is 2.45 bits per heavy atom. The molecule has 0 bridgehead atoms. The molecule has 1 aromatic heterocycles. The van der Waals surface area contributed by atoms with Crippen molar-refractivity contribution in [3.8, 4) is 5.75 Å².